The number of aryl methyl sites for hydroxylation is 1. The summed E-state index contributed by atoms with van der Waals surface area (Å²) in [5, 5.41) is 0. The van der Waals surface area contributed by atoms with Gasteiger partial charge in [0.2, 0.25) is 0 Å². The molecule has 0 saturated heterocycles. The summed E-state index contributed by atoms with van der Waals surface area (Å²) < 4.78 is 46.7. The molecular weight excluding hydrogens is 353 g/mol. The molecule has 1 aliphatic rings. The maximum atomic E-state index is 13.6. The van der Waals surface area contributed by atoms with Crippen molar-refractivity contribution in [3.05, 3.63) is 77.2 Å². The van der Waals surface area contributed by atoms with Crippen molar-refractivity contribution in [1.82, 2.24) is 3.97 Å². The largest absolute Gasteiger partial charge is 0.380 e. The SMILES string of the molecule is COCc1cn(S(=O)(=O)c2cccc(F)c2)c2c1CCc1ccccc1-2. The standard InChI is InChI=1S/C20H18FNO3S/c1-25-13-15-12-22(26(23,24)17-7-4-6-16(21)11-17)20-18-8-3-2-5-14(18)9-10-19(15)20/h2-8,11-12H,9-10,13H2,1H3. The number of fused-ring (bicyclic) bond motifs is 3. The quantitative estimate of drug-likeness (QED) is 0.701. The maximum absolute atomic E-state index is 13.6. The minimum Gasteiger partial charge on any atom is -0.380 e. The Bertz CT molecular complexity index is 1090. The normalized spacial score (nSPS) is 13.3. The molecule has 0 aliphatic heterocycles. The fourth-order valence-electron chi connectivity index (χ4n) is 3.57. The van der Waals surface area contributed by atoms with Gasteiger partial charge in [-0.3, -0.25) is 0 Å². The first-order valence-electron chi connectivity index (χ1n) is 8.34. The lowest BCUT2D eigenvalue weighted by molar-refractivity contribution is 0.184. The van der Waals surface area contributed by atoms with Crippen molar-refractivity contribution in [2.75, 3.05) is 7.11 Å². The van der Waals surface area contributed by atoms with Gasteiger partial charge >= 0.3 is 0 Å². The molecule has 0 saturated carbocycles. The van der Waals surface area contributed by atoms with Crippen molar-refractivity contribution in [1.29, 1.82) is 0 Å². The zero-order valence-corrected chi connectivity index (χ0v) is 15.1. The summed E-state index contributed by atoms with van der Waals surface area (Å²) in [7, 11) is -2.34. The van der Waals surface area contributed by atoms with Gasteiger partial charge < -0.3 is 4.74 Å². The van der Waals surface area contributed by atoms with Crippen molar-refractivity contribution in [3.63, 3.8) is 0 Å². The van der Waals surface area contributed by atoms with E-state index < -0.39 is 15.8 Å². The zero-order valence-electron chi connectivity index (χ0n) is 14.3. The highest BCUT2D eigenvalue weighted by molar-refractivity contribution is 7.90. The van der Waals surface area contributed by atoms with Gasteiger partial charge in [0.15, 0.2) is 0 Å². The van der Waals surface area contributed by atoms with Crippen LogP contribution in [0.5, 0.6) is 0 Å². The number of hydrogen-bond acceptors (Lipinski definition) is 3. The van der Waals surface area contributed by atoms with Crippen LogP contribution in [0.1, 0.15) is 16.7 Å². The van der Waals surface area contributed by atoms with Crippen LogP contribution in [0.25, 0.3) is 11.3 Å². The number of hydrogen-bond donors (Lipinski definition) is 0. The van der Waals surface area contributed by atoms with Crippen molar-refractivity contribution in [2.45, 2.75) is 24.3 Å². The van der Waals surface area contributed by atoms with Crippen molar-refractivity contribution < 1.29 is 17.5 Å². The molecule has 0 radical (unpaired) electrons. The maximum Gasteiger partial charge on any atom is 0.268 e. The number of rotatable bonds is 4. The number of benzene rings is 2. The molecule has 0 amide bonds. The van der Waals surface area contributed by atoms with Crippen LogP contribution in [0, 0.1) is 5.82 Å². The van der Waals surface area contributed by atoms with E-state index in [4.69, 9.17) is 4.74 Å². The predicted molar refractivity (Wildman–Crippen MR) is 97.0 cm³/mol. The monoisotopic (exact) mass is 371 g/mol. The van der Waals surface area contributed by atoms with Crippen molar-refractivity contribution >= 4 is 10.0 Å². The molecule has 26 heavy (non-hydrogen) atoms. The second-order valence-electron chi connectivity index (χ2n) is 6.33. The lowest BCUT2D eigenvalue weighted by atomic mass is 9.89. The van der Waals surface area contributed by atoms with Gasteiger partial charge in [-0.15, -0.1) is 0 Å². The van der Waals surface area contributed by atoms with Gasteiger partial charge in [-0.1, -0.05) is 30.3 Å². The van der Waals surface area contributed by atoms with E-state index in [1.54, 1.807) is 13.3 Å². The van der Waals surface area contributed by atoms with Gasteiger partial charge in [-0.05, 0) is 42.2 Å². The number of ether oxygens (including phenoxy) is 1. The fraction of sp³-hybridized carbons (Fsp3) is 0.200. The molecule has 2 aromatic carbocycles. The van der Waals surface area contributed by atoms with E-state index in [1.807, 2.05) is 24.3 Å². The molecule has 6 heteroatoms. The summed E-state index contributed by atoms with van der Waals surface area (Å²) in [6.45, 7) is 0.330. The smallest absolute Gasteiger partial charge is 0.268 e. The molecule has 4 nitrogen and oxygen atoms in total. The van der Waals surface area contributed by atoms with E-state index in [0.29, 0.717) is 12.3 Å². The van der Waals surface area contributed by atoms with E-state index in [9.17, 15) is 12.8 Å². The predicted octanol–water partition coefficient (Wildman–Crippen LogP) is 3.78. The molecule has 1 aromatic heterocycles. The summed E-state index contributed by atoms with van der Waals surface area (Å²) in [6, 6.07) is 12.9. The molecule has 0 spiro atoms. The van der Waals surface area contributed by atoms with Gasteiger partial charge in [0, 0.05) is 24.4 Å². The summed E-state index contributed by atoms with van der Waals surface area (Å²) in [5.41, 5.74) is 4.49. The van der Waals surface area contributed by atoms with Crippen LogP contribution < -0.4 is 0 Å². The Labute approximate surface area is 151 Å². The minimum atomic E-state index is -3.92. The Hall–Kier alpha value is -2.44. The van der Waals surface area contributed by atoms with E-state index in [1.165, 1.54) is 22.2 Å². The van der Waals surface area contributed by atoms with E-state index in [0.717, 1.165) is 41.2 Å². The number of halogens is 1. The Balaban J connectivity index is 1.99. The van der Waals surface area contributed by atoms with Crippen LogP contribution in [0.4, 0.5) is 4.39 Å². The summed E-state index contributed by atoms with van der Waals surface area (Å²) >= 11 is 0. The Morgan fingerprint density at radius 3 is 2.69 bits per heavy atom. The summed E-state index contributed by atoms with van der Waals surface area (Å²) in [5.74, 6) is -0.579. The van der Waals surface area contributed by atoms with Gasteiger partial charge in [-0.2, -0.15) is 0 Å². The number of methoxy groups -OCH3 is 1. The van der Waals surface area contributed by atoms with Crippen LogP contribution in [0.3, 0.4) is 0 Å². The molecule has 3 aromatic rings. The number of nitrogens with zero attached hydrogens (tertiary/aromatic N) is 1. The third-order valence-electron chi connectivity index (χ3n) is 4.74. The molecule has 1 heterocycles. The Morgan fingerprint density at radius 2 is 1.92 bits per heavy atom. The summed E-state index contributed by atoms with van der Waals surface area (Å²) in [6.07, 6.45) is 3.21. The molecule has 0 atom stereocenters. The van der Waals surface area contributed by atoms with Crippen LogP contribution in [-0.4, -0.2) is 19.5 Å². The third-order valence-corrected chi connectivity index (χ3v) is 6.39. The topological polar surface area (TPSA) is 48.3 Å². The average molecular weight is 371 g/mol. The van der Waals surface area contributed by atoms with Gasteiger partial charge in [0.05, 0.1) is 17.2 Å². The Morgan fingerprint density at radius 1 is 1.12 bits per heavy atom. The van der Waals surface area contributed by atoms with Crippen LogP contribution >= 0.6 is 0 Å². The molecule has 0 unspecified atom stereocenters. The van der Waals surface area contributed by atoms with E-state index >= 15 is 0 Å². The zero-order chi connectivity index (χ0) is 18.3. The van der Waals surface area contributed by atoms with Crippen LogP contribution in [0.15, 0.2) is 59.6 Å². The Kier molecular flexibility index (Phi) is 4.17. The van der Waals surface area contributed by atoms with E-state index in [-0.39, 0.29) is 4.90 Å². The van der Waals surface area contributed by atoms with Crippen molar-refractivity contribution in [2.24, 2.45) is 0 Å². The van der Waals surface area contributed by atoms with Crippen molar-refractivity contribution in [3.8, 4) is 11.3 Å². The fourth-order valence-corrected chi connectivity index (χ4v) is 5.02. The lowest BCUT2D eigenvalue weighted by Crippen LogP contribution is -2.16. The second-order valence-corrected chi connectivity index (χ2v) is 8.14. The van der Waals surface area contributed by atoms with Gasteiger partial charge in [-0.25, -0.2) is 16.8 Å². The second kappa shape index (κ2) is 6.37. The van der Waals surface area contributed by atoms with Crippen LogP contribution in [-0.2, 0) is 34.2 Å². The first kappa shape index (κ1) is 17.0. The first-order chi connectivity index (χ1) is 12.5. The molecule has 0 bridgehead atoms. The highest BCUT2D eigenvalue weighted by Crippen LogP contribution is 2.38. The third kappa shape index (κ3) is 2.66. The first-order valence-corrected chi connectivity index (χ1v) is 9.78. The molecular formula is C20H18FNO3S. The molecule has 134 valence electrons. The highest BCUT2D eigenvalue weighted by Gasteiger charge is 2.29. The van der Waals surface area contributed by atoms with Crippen LogP contribution in [0.2, 0.25) is 0 Å². The van der Waals surface area contributed by atoms with E-state index in [2.05, 4.69) is 0 Å². The highest BCUT2D eigenvalue weighted by atomic mass is 32.2. The summed E-state index contributed by atoms with van der Waals surface area (Å²) in [4.78, 5) is -0.0673. The molecule has 1 aliphatic carbocycles. The molecule has 0 N–H and O–H groups in total. The number of aromatic nitrogens is 1. The van der Waals surface area contributed by atoms with Gasteiger partial charge in [0.1, 0.15) is 5.82 Å². The molecule has 4 rings (SSSR count). The lowest BCUT2D eigenvalue weighted by Gasteiger charge is -2.20. The average Bonchev–Trinajstić information content (AvgIpc) is 3.02. The minimum absolute atomic E-state index is 0.0673. The molecule has 0 fully saturated rings. The van der Waals surface area contributed by atoms with Gasteiger partial charge in [0.25, 0.3) is 10.0 Å².